The summed E-state index contributed by atoms with van der Waals surface area (Å²) < 4.78 is 3.23. The third-order valence-corrected chi connectivity index (χ3v) is 7.51. The van der Waals surface area contributed by atoms with Crippen LogP contribution < -0.4 is 11.2 Å². The Morgan fingerprint density at radius 1 is 1.06 bits per heavy atom. The molecular formula is C25H33N5O2. The fourth-order valence-corrected chi connectivity index (χ4v) is 5.74. The van der Waals surface area contributed by atoms with E-state index >= 15 is 0 Å². The maximum absolute atomic E-state index is 12.3. The summed E-state index contributed by atoms with van der Waals surface area (Å²) in [6, 6.07) is 6.28. The zero-order valence-corrected chi connectivity index (χ0v) is 18.9. The number of hydrogen-bond acceptors (Lipinski definition) is 4. The molecule has 3 aromatic rings. The summed E-state index contributed by atoms with van der Waals surface area (Å²) in [7, 11) is 0. The first-order valence-electron chi connectivity index (χ1n) is 12.1. The van der Waals surface area contributed by atoms with Crippen LogP contribution in [0, 0.1) is 11.8 Å². The third-order valence-electron chi connectivity index (χ3n) is 7.51. The van der Waals surface area contributed by atoms with Crippen LogP contribution in [0.25, 0.3) is 11.2 Å². The molecule has 1 saturated carbocycles. The van der Waals surface area contributed by atoms with Crippen LogP contribution in [-0.4, -0.2) is 43.2 Å². The Bertz CT molecular complexity index is 1190. The first kappa shape index (κ1) is 21.2. The number of nitrogens with one attached hydrogen (secondary N) is 1. The van der Waals surface area contributed by atoms with Gasteiger partial charge in [-0.15, -0.1) is 0 Å². The fraction of sp³-hybridized carbons (Fsp3) is 0.560. The minimum absolute atomic E-state index is 0.396. The highest BCUT2D eigenvalue weighted by atomic mass is 16.2. The van der Waals surface area contributed by atoms with E-state index in [4.69, 9.17) is 0 Å². The molecule has 4 heterocycles. The molecule has 3 aromatic heterocycles. The van der Waals surface area contributed by atoms with Gasteiger partial charge in [-0.1, -0.05) is 19.3 Å². The quantitative estimate of drug-likeness (QED) is 0.667. The number of aromatic amines is 1. The molecule has 0 bridgehead atoms. The number of fused-ring (bicyclic) bond motifs is 1. The molecule has 1 aliphatic heterocycles. The van der Waals surface area contributed by atoms with E-state index in [0.717, 1.165) is 17.9 Å². The molecule has 32 heavy (non-hydrogen) atoms. The van der Waals surface area contributed by atoms with Crippen molar-refractivity contribution in [2.24, 2.45) is 11.8 Å². The fourth-order valence-electron chi connectivity index (χ4n) is 5.74. The number of rotatable bonds is 5. The number of H-pyrrole nitrogens is 1. The summed E-state index contributed by atoms with van der Waals surface area (Å²) in [4.78, 5) is 28.7. The van der Waals surface area contributed by atoms with Gasteiger partial charge in [-0.25, -0.2) is 9.31 Å². The van der Waals surface area contributed by atoms with Gasteiger partial charge in [0.2, 0.25) is 0 Å². The molecule has 1 N–H and O–H groups in total. The maximum atomic E-state index is 12.3. The molecule has 0 radical (unpaired) electrons. The number of hydrogen-bond donors (Lipinski definition) is 1. The minimum atomic E-state index is -0.447. The van der Waals surface area contributed by atoms with Gasteiger partial charge in [0.05, 0.1) is 17.4 Å². The van der Waals surface area contributed by atoms with Crippen LogP contribution in [-0.2, 0) is 6.42 Å². The predicted molar refractivity (Wildman–Crippen MR) is 125 cm³/mol. The van der Waals surface area contributed by atoms with Crippen molar-refractivity contribution in [2.45, 2.75) is 64.3 Å². The van der Waals surface area contributed by atoms with Gasteiger partial charge >= 0.3 is 5.69 Å². The number of aromatic nitrogens is 4. The Labute approximate surface area is 188 Å². The van der Waals surface area contributed by atoms with Gasteiger partial charge in [0.1, 0.15) is 0 Å². The molecule has 0 unspecified atom stereocenters. The van der Waals surface area contributed by atoms with Crippen molar-refractivity contribution in [3.05, 3.63) is 63.2 Å². The van der Waals surface area contributed by atoms with Crippen molar-refractivity contribution in [3.63, 3.8) is 0 Å². The van der Waals surface area contributed by atoms with E-state index in [0.29, 0.717) is 17.6 Å². The van der Waals surface area contributed by atoms with Gasteiger partial charge in [-0.3, -0.25) is 14.3 Å². The van der Waals surface area contributed by atoms with E-state index in [9.17, 15) is 9.59 Å². The predicted octanol–water partition coefficient (Wildman–Crippen LogP) is 3.40. The third kappa shape index (κ3) is 4.44. The van der Waals surface area contributed by atoms with Crippen LogP contribution in [0.5, 0.6) is 0 Å². The first-order chi connectivity index (χ1) is 15.6. The molecule has 1 aliphatic carbocycles. The summed E-state index contributed by atoms with van der Waals surface area (Å²) in [6.07, 6.45) is 15.8. The molecule has 7 heteroatoms. The number of likely N-dealkylation sites (tertiary alicyclic amines) is 1. The zero-order chi connectivity index (χ0) is 22.1. The molecule has 2 aliphatic rings. The van der Waals surface area contributed by atoms with E-state index in [-0.39, 0.29) is 0 Å². The molecule has 0 aromatic carbocycles. The highest BCUT2D eigenvalue weighted by molar-refractivity contribution is 5.64. The number of piperidine rings is 1. The second kappa shape index (κ2) is 9.06. The van der Waals surface area contributed by atoms with E-state index in [1.165, 1.54) is 80.4 Å². The van der Waals surface area contributed by atoms with Gasteiger partial charge in [0.25, 0.3) is 5.56 Å². The van der Waals surface area contributed by atoms with E-state index in [1.807, 2.05) is 6.20 Å². The monoisotopic (exact) mass is 435 g/mol. The topological polar surface area (TPSA) is 75.4 Å². The van der Waals surface area contributed by atoms with Crippen molar-refractivity contribution < 1.29 is 0 Å². The van der Waals surface area contributed by atoms with E-state index < -0.39 is 11.2 Å². The average Bonchev–Trinajstić information content (AvgIpc) is 3.19. The van der Waals surface area contributed by atoms with Crippen molar-refractivity contribution in [3.8, 4) is 5.69 Å². The van der Waals surface area contributed by atoms with Crippen molar-refractivity contribution in [1.82, 2.24) is 24.1 Å². The Kier molecular flexibility index (Phi) is 6.00. The van der Waals surface area contributed by atoms with Crippen molar-refractivity contribution in [1.29, 1.82) is 0 Å². The van der Waals surface area contributed by atoms with Gasteiger partial charge in [-0.05, 0) is 75.1 Å². The summed E-state index contributed by atoms with van der Waals surface area (Å²) in [5.41, 5.74) is 1.99. The van der Waals surface area contributed by atoms with Gasteiger partial charge in [-0.2, -0.15) is 5.10 Å². The Morgan fingerprint density at radius 3 is 2.69 bits per heavy atom. The summed E-state index contributed by atoms with van der Waals surface area (Å²) in [5.74, 6) is 1.58. The smallest absolute Gasteiger partial charge is 0.300 e. The van der Waals surface area contributed by atoms with Crippen LogP contribution in [0.1, 0.15) is 57.4 Å². The van der Waals surface area contributed by atoms with Crippen LogP contribution in [0.3, 0.4) is 0 Å². The highest BCUT2D eigenvalue weighted by Crippen LogP contribution is 2.30. The Hall–Kier alpha value is -2.67. The van der Waals surface area contributed by atoms with E-state index in [2.05, 4.69) is 34.0 Å². The Morgan fingerprint density at radius 2 is 1.91 bits per heavy atom. The molecule has 7 nitrogen and oxygen atoms in total. The van der Waals surface area contributed by atoms with Crippen LogP contribution >= 0.6 is 0 Å². The highest BCUT2D eigenvalue weighted by Gasteiger charge is 2.28. The lowest BCUT2D eigenvalue weighted by molar-refractivity contribution is 0.0948. The largest absolute Gasteiger partial charge is 0.333 e. The summed E-state index contributed by atoms with van der Waals surface area (Å²) >= 11 is 0. The molecule has 0 amide bonds. The molecule has 1 saturated heterocycles. The number of nitrogens with zero attached hydrogens (tertiary/aromatic N) is 4. The second-order valence-corrected chi connectivity index (χ2v) is 9.82. The molecule has 2 fully saturated rings. The maximum Gasteiger partial charge on any atom is 0.333 e. The average molecular weight is 436 g/mol. The standard InChI is InChI=1S/C25H33N5O2/c1-18-13-20(7-10-28(18)17-19-5-3-2-4-6-19)14-21-8-12-30-22(15-21)23(16-26-30)29-11-9-24(31)27-25(29)32/h8-9,11-12,15-16,18-20H,2-7,10,13-14,17H2,1H3,(H,27,31,32)/t18-,20+/m0/s1. The Balaban J connectivity index is 1.28. The SMILES string of the molecule is C[C@H]1C[C@H](Cc2ccn3ncc(-n4ccc(=O)[nH]c4=O)c3c2)CCN1CC1CCCCC1. The van der Waals surface area contributed by atoms with Gasteiger partial charge in [0.15, 0.2) is 0 Å². The van der Waals surface area contributed by atoms with E-state index in [1.54, 1.807) is 10.7 Å². The van der Waals surface area contributed by atoms with Crippen molar-refractivity contribution in [2.75, 3.05) is 13.1 Å². The van der Waals surface area contributed by atoms with Gasteiger partial charge < -0.3 is 4.90 Å². The zero-order valence-electron chi connectivity index (χ0n) is 18.9. The second-order valence-electron chi connectivity index (χ2n) is 9.82. The molecule has 2 atom stereocenters. The van der Waals surface area contributed by atoms with Gasteiger partial charge in [0, 0.05) is 31.0 Å². The van der Waals surface area contributed by atoms with Crippen LogP contribution in [0.15, 0.2) is 46.4 Å². The summed E-state index contributed by atoms with van der Waals surface area (Å²) in [5, 5.41) is 4.38. The minimum Gasteiger partial charge on any atom is -0.300 e. The molecule has 5 rings (SSSR count). The first-order valence-corrected chi connectivity index (χ1v) is 12.1. The molecular weight excluding hydrogens is 402 g/mol. The van der Waals surface area contributed by atoms with Crippen molar-refractivity contribution >= 4 is 5.52 Å². The molecule has 0 spiro atoms. The van der Waals surface area contributed by atoms with Crippen LogP contribution in [0.4, 0.5) is 0 Å². The van der Waals surface area contributed by atoms with Crippen LogP contribution in [0.2, 0.25) is 0 Å². The lowest BCUT2D eigenvalue weighted by Gasteiger charge is -2.40. The summed E-state index contributed by atoms with van der Waals surface area (Å²) in [6.45, 7) is 4.89. The normalized spacial score (nSPS) is 23.0. The molecule has 170 valence electrons. The lowest BCUT2D eigenvalue weighted by Crippen LogP contribution is -2.43. The lowest BCUT2D eigenvalue weighted by atomic mass is 9.84. The number of pyridine rings is 1.